The van der Waals surface area contributed by atoms with Crippen molar-refractivity contribution in [3.05, 3.63) is 41.9 Å². The lowest BCUT2D eigenvalue weighted by Gasteiger charge is -2.19. The molecule has 0 bridgehead atoms. The summed E-state index contributed by atoms with van der Waals surface area (Å²) < 4.78 is 10.9. The summed E-state index contributed by atoms with van der Waals surface area (Å²) in [6.45, 7) is 1.52. The molecule has 0 unspecified atom stereocenters. The van der Waals surface area contributed by atoms with Gasteiger partial charge in [-0.2, -0.15) is 5.10 Å². The van der Waals surface area contributed by atoms with Crippen molar-refractivity contribution in [1.29, 1.82) is 0 Å². The molecule has 1 fully saturated rings. The van der Waals surface area contributed by atoms with Gasteiger partial charge in [0.05, 0.1) is 13.2 Å². The lowest BCUT2D eigenvalue weighted by atomic mass is 10.0. The molecule has 1 aliphatic rings. The Kier molecular flexibility index (Phi) is 3.94. The third-order valence-corrected chi connectivity index (χ3v) is 3.50. The molecule has 2 aromatic heterocycles. The highest BCUT2D eigenvalue weighted by atomic mass is 16.5. The molecule has 0 spiro atoms. The average molecular weight is 274 g/mol. The minimum Gasteiger partial charge on any atom is -0.481 e. The Labute approximate surface area is 117 Å². The van der Waals surface area contributed by atoms with Crippen LogP contribution in [0.2, 0.25) is 0 Å². The number of aromatic nitrogens is 3. The standard InChI is InChI=1S/C14H18N4O2/c1-19-13-3-2-10(8-16-13)14-12(5-7-20-14)15-9-11-4-6-17-18-11/h2-4,6,8,12,14-15H,5,7,9H2,1H3,(H,17,18)/t12-,14+/m0/s1. The van der Waals surface area contributed by atoms with Gasteiger partial charge in [-0.3, -0.25) is 5.10 Å². The molecule has 6 heteroatoms. The van der Waals surface area contributed by atoms with Gasteiger partial charge in [0.15, 0.2) is 0 Å². The van der Waals surface area contributed by atoms with Crippen molar-refractivity contribution >= 4 is 0 Å². The summed E-state index contributed by atoms with van der Waals surface area (Å²) in [6, 6.07) is 6.12. The molecule has 0 aliphatic carbocycles. The van der Waals surface area contributed by atoms with Crippen LogP contribution in [0.5, 0.6) is 5.88 Å². The predicted octanol–water partition coefficient (Wildman–Crippen LogP) is 1.43. The summed E-state index contributed by atoms with van der Waals surface area (Å²) in [5.41, 5.74) is 2.15. The molecule has 2 atom stereocenters. The molecular weight excluding hydrogens is 256 g/mol. The van der Waals surface area contributed by atoms with Crippen molar-refractivity contribution in [2.45, 2.75) is 25.1 Å². The Morgan fingerprint density at radius 3 is 3.10 bits per heavy atom. The van der Waals surface area contributed by atoms with Crippen molar-refractivity contribution in [3.63, 3.8) is 0 Å². The zero-order valence-corrected chi connectivity index (χ0v) is 11.4. The van der Waals surface area contributed by atoms with E-state index < -0.39 is 0 Å². The van der Waals surface area contributed by atoms with Crippen LogP contribution in [0.3, 0.4) is 0 Å². The van der Waals surface area contributed by atoms with Crippen LogP contribution in [-0.4, -0.2) is 34.9 Å². The number of pyridine rings is 1. The Hall–Kier alpha value is -1.92. The fraction of sp³-hybridized carbons (Fsp3) is 0.429. The maximum atomic E-state index is 5.83. The molecule has 3 heterocycles. The van der Waals surface area contributed by atoms with Crippen molar-refractivity contribution in [3.8, 4) is 5.88 Å². The van der Waals surface area contributed by atoms with Crippen LogP contribution in [0.4, 0.5) is 0 Å². The van der Waals surface area contributed by atoms with Crippen LogP contribution < -0.4 is 10.1 Å². The monoisotopic (exact) mass is 274 g/mol. The van der Waals surface area contributed by atoms with Crippen molar-refractivity contribution in [2.75, 3.05) is 13.7 Å². The maximum Gasteiger partial charge on any atom is 0.212 e. The summed E-state index contributed by atoms with van der Waals surface area (Å²) in [5, 5.41) is 10.4. The van der Waals surface area contributed by atoms with Gasteiger partial charge in [0.1, 0.15) is 0 Å². The van der Waals surface area contributed by atoms with Gasteiger partial charge in [0, 0.05) is 48.9 Å². The maximum absolute atomic E-state index is 5.83. The predicted molar refractivity (Wildman–Crippen MR) is 73.3 cm³/mol. The molecule has 20 heavy (non-hydrogen) atoms. The number of aromatic amines is 1. The van der Waals surface area contributed by atoms with Crippen LogP contribution in [0.15, 0.2) is 30.6 Å². The molecule has 106 valence electrons. The fourth-order valence-electron chi connectivity index (χ4n) is 2.43. The lowest BCUT2D eigenvalue weighted by Crippen LogP contribution is -2.31. The highest BCUT2D eigenvalue weighted by Gasteiger charge is 2.29. The van der Waals surface area contributed by atoms with Crippen molar-refractivity contribution in [2.24, 2.45) is 0 Å². The van der Waals surface area contributed by atoms with Gasteiger partial charge in [-0.1, -0.05) is 0 Å². The van der Waals surface area contributed by atoms with E-state index in [0.717, 1.165) is 30.8 Å². The number of ether oxygens (including phenoxy) is 2. The van der Waals surface area contributed by atoms with E-state index in [2.05, 4.69) is 20.5 Å². The molecule has 0 radical (unpaired) electrons. The number of methoxy groups -OCH3 is 1. The highest BCUT2D eigenvalue weighted by molar-refractivity contribution is 5.21. The van der Waals surface area contributed by atoms with Gasteiger partial charge in [-0.05, 0) is 18.6 Å². The largest absolute Gasteiger partial charge is 0.481 e. The molecule has 1 aliphatic heterocycles. The van der Waals surface area contributed by atoms with E-state index in [1.165, 1.54) is 0 Å². The van der Waals surface area contributed by atoms with Crippen LogP contribution in [0.25, 0.3) is 0 Å². The number of H-pyrrole nitrogens is 1. The molecule has 6 nitrogen and oxygen atoms in total. The van der Waals surface area contributed by atoms with Crippen LogP contribution in [0, 0.1) is 0 Å². The Bertz CT molecular complexity index is 527. The first kappa shape index (κ1) is 13.1. The number of nitrogens with zero attached hydrogens (tertiary/aromatic N) is 2. The molecule has 3 rings (SSSR count). The van der Waals surface area contributed by atoms with E-state index in [0.29, 0.717) is 5.88 Å². The second kappa shape index (κ2) is 6.02. The number of hydrogen-bond acceptors (Lipinski definition) is 5. The summed E-state index contributed by atoms with van der Waals surface area (Å²) >= 11 is 0. The molecule has 1 saturated heterocycles. The third-order valence-electron chi connectivity index (χ3n) is 3.50. The normalized spacial score (nSPS) is 22.1. The molecule has 2 aromatic rings. The molecule has 0 amide bonds. The van der Waals surface area contributed by atoms with Crippen LogP contribution >= 0.6 is 0 Å². The van der Waals surface area contributed by atoms with Gasteiger partial charge >= 0.3 is 0 Å². The Balaban J connectivity index is 1.65. The minimum atomic E-state index is 0.0383. The number of rotatable bonds is 5. The quantitative estimate of drug-likeness (QED) is 0.863. The average Bonchev–Trinajstić information content (AvgIpc) is 3.16. The van der Waals surface area contributed by atoms with E-state index in [1.54, 1.807) is 13.3 Å². The molecular formula is C14H18N4O2. The summed E-state index contributed by atoms with van der Waals surface area (Å²) in [6.07, 6.45) is 4.61. The lowest BCUT2D eigenvalue weighted by molar-refractivity contribution is 0.0980. The molecule has 0 aromatic carbocycles. The van der Waals surface area contributed by atoms with Gasteiger partial charge in [0.2, 0.25) is 5.88 Å². The van der Waals surface area contributed by atoms with Gasteiger partial charge in [-0.25, -0.2) is 4.98 Å². The van der Waals surface area contributed by atoms with E-state index in [9.17, 15) is 0 Å². The minimum absolute atomic E-state index is 0.0383. The van der Waals surface area contributed by atoms with E-state index in [4.69, 9.17) is 9.47 Å². The Morgan fingerprint density at radius 2 is 2.40 bits per heavy atom. The van der Waals surface area contributed by atoms with E-state index in [1.807, 2.05) is 24.4 Å². The third kappa shape index (κ3) is 2.81. The zero-order valence-electron chi connectivity index (χ0n) is 11.4. The fourth-order valence-corrected chi connectivity index (χ4v) is 2.43. The highest BCUT2D eigenvalue weighted by Crippen LogP contribution is 2.29. The summed E-state index contributed by atoms with van der Waals surface area (Å²) in [7, 11) is 1.61. The molecule has 0 saturated carbocycles. The van der Waals surface area contributed by atoms with E-state index >= 15 is 0 Å². The molecule has 2 N–H and O–H groups in total. The first-order chi connectivity index (χ1) is 9.86. The second-order valence-electron chi connectivity index (χ2n) is 4.78. The van der Waals surface area contributed by atoms with Gasteiger partial charge in [0.25, 0.3) is 0 Å². The van der Waals surface area contributed by atoms with Gasteiger partial charge < -0.3 is 14.8 Å². The van der Waals surface area contributed by atoms with Crippen molar-refractivity contribution in [1.82, 2.24) is 20.5 Å². The smallest absolute Gasteiger partial charge is 0.212 e. The van der Waals surface area contributed by atoms with Crippen LogP contribution in [0.1, 0.15) is 23.8 Å². The Morgan fingerprint density at radius 1 is 1.45 bits per heavy atom. The van der Waals surface area contributed by atoms with Gasteiger partial charge in [-0.15, -0.1) is 0 Å². The SMILES string of the molecule is COc1ccc([C@H]2OCC[C@@H]2NCc2ccn[nH]2)cn1. The number of hydrogen-bond donors (Lipinski definition) is 2. The second-order valence-corrected chi connectivity index (χ2v) is 4.78. The zero-order chi connectivity index (χ0) is 13.8. The summed E-state index contributed by atoms with van der Waals surface area (Å²) in [4.78, 5) is 4.24. The van der Waals surface area contributed by atoms with Crippen molar-refractivity contribution < 1.29 is 9.47 Å². The number of nitrogens with one attached hydrogen (secondary N) is 2. The first-order valence-corrected chi connectivity index (χ1v) is 6.70. The van der Waals surface area contributed by atoms with Crippen LogP contribution in [-0.2, 0) is 11.3 Å². The topological polar surface area (TPSA) is 72.1 Å². The first-order valence-electron chi connectivity index (χ1n) is 6.70. The van der Waals surface area contributed by atoms with E-state index in [-0.39, 0.29) is 12.1 Å². The summed E-state index contributed by atoms with van der Waals surface area (Å²) in [5.74, 6) is 0.619.